The number of nitrogens with zero attached hydrogens (tertiary/aromatic N) is 2. The van der Waals surface area contributed by atoms with E-state index in [0.717, 1.165) is 25.7 Å². The first-order valence-electron chi connectivity index (χ1n) is 6.69. The minimum absolute atomic E-state index is 0.0496. The van der Waals surface area contributed by atoms with Crippen molar-refractivity contribution in [1.29, 1.82) is 0 Å². The van der Waals surface area contributed by atoms with Crippen molar-refractivity contribution >= 4 is 15.7 Å². The van der Waals surface area contributed by atoms with E-state index in [0.29, 0.717) is 13.1 Å². The van der Waals surface area contributed by atoms with E-state index < -0.39 is 14.9 Å². The van der Waals surface area contributed by atoms with Crippen LogP contribution in [-0.2, 0) is 10.0 Å². The number of hydrogen-bond donors (Lipinski definition) is 0. The molecule has 0 bridgehead atoms. The van der Waals surface area contributed by atoms with Gasteiger partial charge in [0.2, 0.25) is 10.0 Å². The van der Waals surface area contributed by atoms with E-state index >= 15 is 0 Å². The summed E-state index contributed by atoms with van der Waals surface area (Å²) in [4.78, 5) is 10.4. The molecule has 6 nitrogen and oxygen atoms in total. The summed E-state index contributed by atoms with van der Waals surface area (Å²) >= 11 is 0. The monoisotopic (exact) mass is 298 g/mol. The van der Waals surface area contributed by atoms with E-state index in [1.54, 1.807) is 0 Å². The molecule has 0 unspecified atom stereocenters. The Bertz CT molecular complexity index is 605. The lowest BCUT2D eigenvalue weighted by atomic mass is 10.2. The van der Waals surface area contributed by atoms with Gasteiger partial charge in [0.05, 0.1) is 9.82 Å². The molecule has 1 aromatic carbocycles. The van der Waals surface area contributed by atoms with Gasteiger partial charge in [-0.1, -0.05) is 18.9 Å². The smallest absolute Gasteiger partial charge is 0.258 e. The van der Waals surface area contributed by atoms with Crippen LogP contribution in [0.1, 0.15) is 31.2 Å². The van der Waals surface area contributed by atoms with Crippen LogP contribution in [0.5, 0.6) is 0 Å². The molecule has 0 aliphatic carbocycles. The molecule has 0 amide bonds. The molecular weight excluding hydrogens is 280 g/mol. The SMILES string of the molecule is Cc1c([N+](=O)[O-])cccc1S(=O)(=O)N1CCCCCC1. The maximum Gasteiger partial charge on any atom is 0.273 e. The molecule has 7 heteroatoms. The molecule has 2 rings (SSSR count). The summed E-state index contributed by atoms with van der Waals surface area (Å²) in [5.74, 6) is 0. The van der Waals surface area contributed by atoms with Gasteiger partial charge in [-0.05, 0) is 25.8 Å². The molecule has 20 heavy (non-hydrogen) atoms. The van der Waals surface area contributed by atoms with Crippen LogP contribution in [0.25, 0.3) is 0 Å². The molecule has 1 aromatic rings. The van der Waals surface area contributed by atoms with Crippen molar-refractivity contribution in [3.63, 3.8) is 0 Å². The summed E-state index contributed by atoms with van der Waals surface area (Å²) in [6, 6.07) is 4.20. The highest BCUT2D eigenvalue weighted by Crippen LogP contribution is 2.28. The summed E-state index contributed by atoms with van der Waals surface area (Å²) in [6.07, 6.45) is 3.74. The van der Waals surface area contributed by atoms with Crippen LogP contribution < -0.4 is 0 Å². The van der Waals surface area contributed by atoms with Gasteiger partial charge in [0, 0.05) is 24.7 Å². The summed E-state index contributed by atoms with van der Waals surface area (Å²) in [5, 5.41) is 10.9. The van der Waals surface area contributed by atoms with Crippen LogP contribution in [-0.4, -0.2) is 30.7 Å². The fourth-order valence-corrected chi connectivity index (χ4v) is 4.26. The Morgan fingerprint density at radius 2 is 1.75 bits per heavy atom. The van der Waals surface area contributed by atoms with Crippen molar-refractivity contribution in [3.05, 3.63) is 33.9 Å². The Balaban J connectivity index is 2.43. The predicted octanol–water partition coefficient (Wildman–Crippen LogP) is 2.47. The summed E-state index contributed by atoms with van der Waals surface area (Å²) in [7, 11) is -3.64. The van der Waals surface area contributed by atoms with Crippen molar-refractivity contribution in [2.75, 3.05) is 13.1 Å². The van der Waals surface area contributed by atoms with Gasteiger partial charge in [-0.3, -0.25) is 10.1 Å². The van der Waals surface area contributed by atoms with Gasteiger partial charge in [-0.15, -0.1) is 0 Å². The Kier molecular flexibility index (Phi) is 4.39. The molecule has 0 aromatic heterocycles. The number of nitro benzene ring substituents is 1. The first-order valence-corrected chi connectivity index (χ1v) is 8.13. The van der Waals surface area contributed by atoms with Crippen molar-refractivity contribution in [2.45, 2.75) is 37.5 Å². The normalized spacial score (nSPS) is 17.6. The fraction of sp³-hybridized carbons (Fsp3) is 0.538. The Morgan fingerprint density at radius 3 is 2.30 bits per heavy atom. The first-order chi connectivity index (χ1) is 9.44. The third-order valence-electron chi connectivity index (χ3n) is 3.64. The molecule has 0 radical (unpaired) electrons. The van der Waals surface area contributed by atoms with Crippen molar-refractivity contribution in [1.82, 2.24) is 4.31 Å². The molecule has 1 heterocycles. The maximum absolute atomic E-state index is 12.6. The van der Waals surface area contributed by atoms with Crippen LogP contribution in [0.3, 0.4) is 0 Å². The molecule has 1 fully saturated rings. The van der Waals surface area contributed by atoms with E-state index in [2.05, 4.69) is 0 Å². The zero-order valence-corrected chi connectivity index (χ0v) is 12.2. The van der Waals surface area contributed by atoms with Crippen LogP contribution in [0.15, 0.2) is 23.1 Å². The van der Waals surface area contributed by atoms with Gasteiger partial charge in [0.1, 0.15) is 0 Å². The van der Waals surface area contributed by atoms with E-state index in [1.807, 2.05) is 0 Å². The largest absolute Gasteiger partial charge is 0.273 e. The van der Waals surface area contributed by atoms with Crippen LogP contribution in [0.4, 0.5) is 5.69 Å². The van der Waals surface area contributed by atoms with Gasteiger partial charge >= 0.3 is 0 Å². The summed E-state index contributed by atoms with van der Waals surface area (Å²) in [5.41, 5.74) is 0.0580. The zero-order valence-electron chi connectivity index (χ0n) is 11.4. The lowest BCUT2D eigenvalue weighted by molar-refractivity contribution is -0.385. The van der Waals surface area contributed by atoms with E-state index in [-0.39, 0.29) is 16.1 Å². The summed E-state index contributed by atoms with van der Waals surface area (Å²) < 4.78 is 26.7. The average molecular weight is 298 g/mol. The number of sulfonamides is 1. The number of benzene rings is 1. The zero-order chi connectivity index (χ0) is 14.8. The molecule has 0 atom stereocenters. The van der Waals surface area contributed by atoms with Gasteiger partial charge in [0.15, 0.2) is 0 Å². The van der Waals surface area contributed by atoms with E-state index in [4.69, 9.17) is 0 Å². The predicted molar refractivity (Wildman–Crippen MR) is 75.1 cm³/mol. The molecule has 0 saturated carbocycles. The van der Waals surface area contributed by atoms with Crippen molar-refractivity contribution < 1.29 is 13.3 Å². The molecule has 0 spiro atoms. The number of rotatable bonds is 3. The van der Waals surface area contributed by atoms with E-state index in [1.165, 1.54) is 29.4 Å². The lowest BCUT2D eigenvalue weighted by Crippen LogP contribution is -2.32. The fourth-order valence-electron chi connectivity index (χ4n) is 2.50. The molecule has 110 valence electrons. The third kappa shape index (κ3) is 2.83. The highest BCUT2D eigenvalue weighted by Gasteiger charge is 2.29. The second kappa shape index (κ2) is 5.88. The maximum atomic E-state index is 12.6. The van der Waals surface area contributed by atoms with Gasteiger partial charge in [0.25, 0.3) is 5.69 Å². The highest BCUT2D eigenvalue weighted by atomic mass is 32.2. The van der Waals surface area contributed by atoms with Crippen LogP contribution >= 0.6 is 0 Å². The van der Waals surface area contributed by atoms with Gasteiger partial charge < -0.3 is 0 Å². The quantitative estimate of drug-likeness (QED) is 0.634. The van der Waals surface area contributed by atoms with Crippen molar-refractivity contribution in [2.24, 2.45) is 0 Å². The second-order valence-electron chi connectivity index (χ2n) is 4.98. The van der Waals surface area contributed by atoms with Gasteiger partial charge in [-0.25, -0.2) is 8.42 Å². The molecule has 1 aliphatic rings. The second-order valence-corrected chi connectivity index (χ2v) is 6.88. The molecular formula is C13H18N2O4S. The van der Waals surface area contributed by atoms with E-state index in [9.17, 15) is 18.5 Å². The number of nitro groups is 1. The minimum atomic E-state index is -3.64. The molecule has 0 N–H and O–H groups in total. The first kappa shape index (κ1) is 14.9. The van der Waals surface area contributed by atoms with Crippen LogP contribution in [0, 0.1) is 17.0 Å². The standard InChI is InChI=1S/C13H18N2O4S/c1-11-12(15(16)17)7-6-8-13(11)20(18,19)14-9-4-2-3-5-10-14/h6-8H,2-5,9-10H2,1H3. The Morgan fingerprint density at radius 1 is 1.15 bits per heavy atom. The highest BCUT2D eigenvalue weighted by molar-refractivity contribution is 7.89. The Labute approximate surface area is 118 Å². The third-order valence-corrected chi connectivity index (χ3v) is 5.68. The number of hydrogen-bond acceptors (Lipinski definition) is 4. The topological polar surface area (TPSA) is 80.5 Å². The van der Waals surface area contributed by atoms with Crippen molar-refractivity contribution in [3.8, 4) is 0 Å². The van der Waals surface area contributed by atoms with Crippen LogP contribution in [0.2, 0.25) is 0 Å². The molecule has 1 aliphatic heterocycles. The van der Waals surface area contributed by atoms with Gasteiger partial charge in [-0.2, -0.15) is 4.31 Å². The average Bonchev–Trinajstić information content (AvgIpc) is 2.67. The Hall–Kier alpha value is -1.47. The summed E-state index contributed by atoms with van der Waals surface area (Å²) in [6.45, 7) is 2.47. The minimum Gasteiger partial charge on any atom is -0.258 e. The molecule has 1 saturated heterocycles. The lowest BCUT2D eigenvalue weighted by Gasteiger charge is -2.20.